The average Bonchev–Trinajstić information content (AvgIpc) is 2.68. The number of rotatable bonds is 9. The number of benzene rings is 1. The molecule has 0 N–H and O–H groups in total. The van der Waals surface area contributed by atoms with Crippen molar-refractivity contribution in [3.8, 4) is 0 Å². The van der Waals surface area contributed by atoms with Gasteiger partial charge in [-0.15, -0.1) is 0 Å². The van der Waals surface area contributed by atoms with Gasteiger partial charge in [0.25, 0.3) is 0 Å². The van der Waals surface area contributed by atoms with E-state index in [-0.39, 0.29) is 5.56 Å². The van der Waals surface area contributed by atoms with Gasteiger partial charge >= 0.3 is 6.18 Å². The van der Waals surface area contributed by atoms with Crippen molar-refractivity contribution >= 4 is 5.71 Å². The summed E-state index contributed by atoms with van der Waals surface area (Å²) < 4.78 is 38.2. The van der Waals surface area contributed by atoms with Crippen molar-refractivity contribution in [2.45, 2.75) is 65.5 Å². The zero-order chi connectivity index (χ0) is 23.2. The van der Waals surface area contributed by atoms with Gasteiger partial charge < -0.3 is 9.80 Å². The molecule has 1 aliphatic heterocycles. The highest BCUT2D eigenvalue weighted by Gasteiger charge is 2.28. The van der Waals surface area contributed by atoms with Gasteiger partial charge in [-0.05, 0) is 31.4 Å². The summed E-state index contributed by atoms with van der Waals surface area (Å²) in [7, 11) is 1.95. The molecule has 1 heterocycles. The van der Waals surface area contributed by atoms with Crippen LogP contribution in [0.15, 0.2) is 65.3 Å². The van der Waals surface area contributed by atoms with E-state index in [1.165, 1.54) is 18.9 Å². The lowest BCUT2D eigenvalue weighted by atomic mass is 10.0. The molecular weight excluding hydrogens is 399 g/mol. The Balaban J connectivity index is 2.25. The predicted molar refractivity (Wildman–Crippen MR) is 123 cm³/mol. The predicted octanol–water partition coefficient (Wildman–Crippen LogP) is 6.84. The number of aliphatic imine (C=N–C) groups is 1. The standard InChI is InChI=1S/C25H34F3N3/c1-7-8-9-10-14-31-21(5)30(6)20(4)19(3)24(31)29-18(2)15-22-12-11-13-23(16-22)17-25(26,27)28/h11-13,16H,4-5,7-10,14-15,17H2,1-3,6H3. The van der Waals surface area contributed by atoms with Crippen molar-refractivity contribution in [3.05, 3.63) is 71.5 Å². The van der Waals surface area contributed by atoms with Crippen LogP contribution in [-0.4, -0.2) is 35.3 Å². The Labute approximate surface area is 184 Å². The van der Waals surface area contributed by atoms with Crippen LogP contribution in [0.1, 0.15) is 57.6 Å². The van der Waals surface area contributed by atoms with Gasteiger partial charge in [0.15, 0.2) is 0 Å². The number of hydrogen-bond donors (Lipinski definition) is 0. The highest BCUT2D eigenvalue weighted by Crippen LogP contribution is 2.32. The normalized spacial score (nSPS) is 15.9. The van der Waals surface area contributed by atoms with E-state index < -0.39 is 12.6 Å². The largest absolute Gasteiger partial charge is 0.393 e. The van der Waals surface area contributed by atoms with E-state index in [4.69, 9.17) is 4.99 Å². The fourth-order valence-electron chi connectivity index (χ4n) is 3.71. The molecule has 0 aromatic heterocycles. The first-order valence-corrected chi connectivity index (χ1v) is 10.8. The van der Waals surface area contributed by atoms with Crippen molar-refractivity contribution in [1.29, 1.82) is 0 Å². The first-order chi connectivity index (χ1) is 14.5. The van der Waals surface area contributed by atoms with E-state index in [2.05, 4.69) is 25.0 Å². The molecule has 6 heteroatoms. The minimum Gasteiger partial charge on any atom is -0.331 e. The second-order valence-electron chi connectivity index (χ2n) is 8.22. The lowest BCUT2D eigenvalue weighted by molar-refractivity contribution is -0.127. The summed E-state index contributed by atoms with van der Waals surface area (Å²) in [6.45, 7) is 15.3. The summed E-state index contributed by atoms with van der Waals surface area (Å²) in [4.78, 5) is 8.99. The molecule has 0 atom stereocenters. The minimum absolute atomic E-state index is 0.270. The Kier molecular flexibility index (Phi) is 8.54. The molecule has 0 fully saturated rings. The molecule has 0 unspecified atom stereocenters. The molecule has 0 radical (unpaired) electrons. The fraction of sp³-hybridized carbons (Fsp3) is 0.480. The third-order valence-corrected chi connectivity index (χ3v) is 5.52. The van der Waals surface area contributed by atoms with Gasteiger partial charge in [0, 0.05) is 37.0 Å². The van der Waals surface area contributed by atoms with Gasteiger partial charge in [0.05, 0.1) is 6.42 Å². The van der Waals surface area contributed by atoms with E-state index in [9.17, 15) is 13.2 Å². The van der Waals surface area contributed by atoms with E-state index in [0.717, 1.165) is 53.6 Å². The van der Waals surface area contributed by atoms with Crippen LogP contribution in [0.4, 0.5) is 13.2 Å². The Morgan fingerprint density at radius 2 is 1.77 bits per heavy atom. The molecule has 0 amide bonds. The van der Waals surface area contributed by atoms with Crippen LogP contribution < -0.4 is 0 Å². The van der Waals surface area contributed by atoms with Crippen molar-refractivity contribution in [1.82, 2.24) is 9.80 Å². The van der Waals surface area contributed by atoms with Crippen molar-refractivity contribution in [3.63, 3.8) is 0 Å². The van der Waals surface area contributed by atoms with E-state index >= 15 is 0 Å². The molecule has 2 rings (SSSR count). The first kappa shape index (κ1) is 24.8. The number of nitrogens with zero attached hydrogens (tertiary/aromatic N) is 3. The summed E-state index contributed by atoms with van der Waals surface area (Å²) in [6.07, 6.45) is -0.0952. The average molecular weight is 434 g/mol. The molecule has 0 saturated heterocycles. The number of unbranched alkanes of at least 4 members (excludes halogenated alkanes) is 3. The van der Waals surface area contributed by atoms with Gasteiger partial charge in [-0.1, -0.05) is 63.6 Å². The smallest absolute Gasteiger partial charge is 0.331 e. The highest BCUT2D eigenvalue weighted by molar-refractivity contribution is 5.85. The second kappa shape index (κ2) is 10.7. The van der Waals surface area contributed by atoms with Crippen LogP contribution in [0, 0.1) is 0 Å². The molecule has 3 nitrogen and oxygen atoms in total. The molecule has 0 aliphatic carbocycles. The topological polar surface area (TPSA) is 18.8 Å². The molecular formula is C25H34F3N3. The molecule has 170 valence electrons. The fourth-order valence-corrected chi connectivity index (χ4v) is 3.71. The van der Waals surface area contributed by atoms with Crippen LogP contribution >= 0.6 is 0 Å². The van der Waals surface area contributed by atoms with Gasteiger partial charge in [0.2, 0.25) is 0 Å². The van der Waals surface area contributed by atoms with Gasteiger partial charge in [-0.3, -0.25) is 0 Å². The molecule has 1 aromatic carbocycles. The molecule has 0 bridgehead atoms. The maximum Gasteiger partial charge on any atom is 0.393 e. The van der Waals surface area contributed by atoms with Crippen molar-refractivity contribution in [2.24, 2.45) is 4.99 Å². The van der Waals surface area contributed by atoms with Crippen LogP contribution in [-0.2, 0) is 12.8 Å². The third-order valence-electron chi connectivity index (χ3n) is 5.52. The van der Waals surface area contributed by atoms with E-state index in [1.54, 1.807) is 12.1 Å². The summed E-state index contributed by atoms with van der Waals surface area (Å²) in [5.41, 5.74) is 3.76. The van der Waals surface area contributed by atoms with E-state index in [1.807, 2.05) is 31.9 Å². The molecule has 31 heavy (non-hydrogen) atoms. The minimum atomic E-state index is -4.21. The molecule has 0 saturated carbocycles. The third kappa shape index (κ3) is 7.01. The summed E-state index contributed by atoms with van der Waals surface area (Å²) in [5, 5.41) is 0. The monoisotopic (exact) mass is 433 g/mol. The summed E-state index contributed by atoms with van der Waals surface area (Å²) in [5.74, 6) is 1.67. The molecule has 0 spiro atoms. The van der Waals surface area contributed by atoms with Crippen molar-refractivity contribution in [2.75, 3.05) is 13.6 Å². The Hall–Kier alpha value is -2.50. The number of allylic oxidation sites excluding steroid dienone is 1. The number of likely N-dealkylation sites (N-methyl/N-ethyl adjacent to an activating group) is 1. The van der Waals surface area contributed by atoms with Gasteiger partial charge in [-0.25, -0.2) is 4.99 Å². The summed E-state index contributed by atoms with van der Waals surface area (Å²) >= 11 is 0. The van der Waals surface area contributed by atoms with Gasteiger partial charge in [-0.2, -0.15) is 13.2 Å². The van der Waals surface area contributed by atoms with Gasteiger partial charge in [0.1, 0.15) is 11.6 Å². The molecule has 1 aromatic rings. The zero-order valence-electron chi connectivity index (χ0n) is 19.1. The van der Waals surface area contributed by atoms with Crippen LogP contribution in [0.25, 0.3) is 0 Å². The Bertz CT molecular complexity index is 865. The zero-order valence-corrected chi connectivity index (χ0v) is 19.1. The Morgan fingerprint density at radius 3 is 2.42 bits per heavy atom. The Morgan fingerprint density at radius 1 is 1.10 bits per heavy atom. The number of alkyl halides is 3. The quantitative estimate of drug-likeness (QED) is 0.314. The maximum absolute atomic E-state index is 12.7. The molecule has 1 aliphatic rings. The number of hydrogen-bond acceptors (Lipinski definition) is 3. The van der Waals surface area contributed by atoms with Crippen molar-refractivity contribution < 1.29 is 13.2 Å². The van der Waals surface area contributed by atoms with E-state index in [0.29, 0.717) is 6.42 Å². The second-order valence-corrected chi connectivity index (χ2v) is 8.22. The SMILES string of the molecule is C=C1C(C)=C(N=C(C)Cc2cccc(CC(F)(F)F)c2)N(CCCCCC)C(=C)N1C. The first-order valence-electron chi connectivity index (χ1n) is 10.8. The lowest BCUT2D eigenvalue weighted by Crippen LogP contribution is -2.37. The van der Waals surface area contributed by atoms with Crippen LogP contribution in [0.2, 0.25) is 0 Å². The lowest BCUT2D eigenvalue weighted by Gasteiger charge is -2.40. The highest BCUT2D eigenvalue weighted by atomic mass is 19.4. The van der Waals surface area contributed by atoms with Crippen LogP contribution in [0.3, 0.4) is 0 Å². The maximum atomic E-state index is 12.7. The number of halogens is 3. The van der Waals surface area contributed by atoms with Crippen LogP contribution in [0.5, 0.6) is 0 Å². The summed E-state index contributed by atoms with van der Waals surface area (Å²) in [6, 6.07) is 6.64.